The average Bonchev–Trinajstić information content (AvgIpc) is 2.11. The molecule has 0 radical (unpaired) electrons. The van der Waals surface area contributed by atoms with Gasteiger partial charge in [-0.15, -0.1) is 0 Å². The molecular weight excluding hydrogens is 312 g/mol. The highest BCUT2D eigenvalue weighted by molar-refractivity contribution is 6.30. The number of hydrogen-bond donors (Lipinski definition) is 0. The highest BCUT2D eigenvalue weighted by atomic mass is 35.5. The van der Waals surface area contributed by atoms with Crippen molar-refractivity contribution in [2.24, 2.45) is 0 Å². The van der Waals surface area contributed by atoms with E-state index in [9.17, 15) is 35.1 Å². The van der Waals surface area contributed by atoms with Gasteiger partial charge in [0.25, 0.3) is 0 Å². The molecular formula is C9H3ClF8O. The lowest BCUT2D eigenvalue weighted by Crippen LogP contribution is -2.19. The van der Waals surface area contributed by atoms with Gasteiger partial charge >= 0.3 is 19.0 Å². The van der Waals surface area contributed by atoms with Gasteiger partial charge in [-0.25, -0.2) is 0 Å². The fourth-order valence-electron chi connectivity index (χ4n) is 1.29. The number of benzene rings is 1. The molecule has 1 nitrogen and oxygen atoms in total. The van der Waals surface area contributed by atoms with Crippen LogP contribution in [0.25, 0.3) is 0 Å². The smallest absolute Gasteiger partial charge is 0.420 e. The van der Waals surface area contributed by atoms with Crippen molar-refractivity contribution in [3.8, 4) is 5.75 Å². The molecule has 108 valence electrons. The number of hydrogen-bond acceptors (Lipinski definition) is 1. The van der Waals surface area contributed by atoms with Crippen LogP contribution in [-0.2, 0) is 12.4 Å². The minimum atomic E-state index is -5.53. The number of ether oxygens (including phenoxy) is 1. The van der Waals surface area contributed by atoms with E-state index in [0.29, 0.717) is 0 Å². The molecule has 0 unspecified atom stereocenters. The van der Waals surface area contributed by atoms with Gasteiger partial charge in [-0.1, -0.05) is 11.6 Å². The zero-order valence-corrected chi connectivity index (χ0v) is 9.30. The van der Waals surface area contributed by atoms with Crippen LogP contribution in [0.1, 0.15) is 11.1 Å². The van der Waals surface area contributed by atoms with Gasteiger partial charge in [-0.05, 0) is 12.1 Å². The SMILES string of the molecule is FC(F)Oc1cc(Cl)cc(C(F)(F)F)c1C(F)(F)F. The van der Waals surface area contributed by atoms with Gasteiger partial charge in [0.15, 0.2) is 0 Å². The van der Waals surface area contributed by atoms with Crippen LogP contribution in [0.2, 0.25) is 5.02 Å². The van der Waals surface area contributed by atoms with Crippen molar-refractivity contribution in [1.29, 1.82) is 0 Å². The van der Waals surface area contributed by atoms with E-state index in [2.05, 4.69) is 4.74 Å². The molecule has 0 spiro atoms. The number of halogens is 9. The summed E-state index contributed by atoms with van der Waals surface area (Å²) in [6, 6.07) is 0.231. The van der Waals surface area contributed by atoms with Gasteiger partial charge in [-0.3, -0.25) is 0 Å². The third-order valence-electron chi connectivity index (χ3n) is 1.87. The Hall–Kier alpha value is -1.25. The zero-order chi connectivity index (χ0) is 15.0. The Morgan fingerprint density at radius 3 is 1.84 bits per heavy atom. The highest BCUT2D eigenvalue weighted by Gasteiger charge is 2.46. The number of alkyl halides is 8. The lowest BCUT2D eigenvalue weighted by Gasteiger charge is -2.19. The Morgan fingerprint density at radius 1 is 0.947 bits per heavy atom. The molecule has 1 aromatic rings. The summed E-state index contributed by atoms with van der Waals surface area (Å²) < 4.78 is 102. The van der Waals surface area contributed by atoms with Gasteiger partial charge in [0, 0.05) is 5.02 Å². The van der Waals surface area contributed by atoms with E-state index in [1.165, 1.54) is 0 Å². The predicted molar refractivity (Wildman–Crippen MR) is 48.1 cm³/mol. The van der Waals surface area contributed by atoms with E-state index < -0.39 is 40.9 Å². The monoisotopic (exact) mass is 314 g/mol. The molecule has 1 rings (SSSR count). The maximum Gasteiger partial charge on any atom is 0.420 e. The Labute approximate surface area is 105 Å². The van der Waals surface area contributed by atoms with Crippen molar-refractivity contribution in [1.82, 2.24) is 0 Å². The van der Waals surface area contributed by atoms with E-state index in [1.54, 1.807) is 0 Å². The van der Waals surface area contributed by atoms with Crippen LogP contribution in [0, 0.1) is 0 Å². The maximum atomic E-state index is 12.6. The molecule has 0 aliphatic heterocycles. The lowest BCUT2D eigenvalue weighted by molar-refractivity contribution is -0.164. The minimum Gasteiger partial charge on any atom is -0.434 e. The molecule has 1 aromatic carbocycles. The third-order valence-corrected chi connectivity index (χ3v) is 2.09. The summed E-state index contributed by atoms with van der Waals surface area (Å²) in [5.74, 6) is -1.68. The van der Waals surface area contributed by atoms with Gasteiger partial charge in [0.2, 0.25) is 0 Å². The van der Waals surface area contributed by atoms with Gasteiger partial charge in [0.1, 0.15) is 11.3 Å². The maximum absolute atomic E-state index is 12.6. The quantitative estimate of drug-likeness (QED) is 0.700. The van der Waals surface area contributed by atoms with Gasteiger partial charge in [-0.2, -0.15) is 35.1 Å². The van der Waals surface area contributed by atoms with Crippen LogP contribution < -0.4 is 4.74 Å². The summed E-state index contributed by atoms with van der Waals surface area (Å²) in [6.07, 6.45) is -10.9. The van der Waals surface area contributed by atoms with Crippen molar-refractivity contribution < 1.29 is 39.9 Å². The van der Waals surface area contributed by atoms with E-state index in [4.69, 9.17) is 11.6 Å². The number of rotatable bonds is 2. The van der Waals surface area contributed by atoms with E-state index in [0.717, 1.165) is 0 Å². The van der Waals surface area contributed by atoms with E-state index in [1.807, 2.05) is 0 Å². The molecule has 0 aromatic heterocycles. The molecule has 0 amide bonds. The first-order valence-electron chi connectivity index (χ1n) is 4.35. The summed E-state index contributed by atoms with van der Waals surface area (Å²) in [5, 5.41) is -0.809. The molecule has 19 heavy (non-hydrogen) atoms. The van der Waals surface area contributed by atoms with Crippen molar-refractivity contribution in [2.45, 2.75) is 19.0 Å². The normalized spacial score (nSPS) is 12.9. The van der Waals surface area contributed by atoms with Crippen molar-refractivity contribution in [3.05, 3.63) is 28.3 Å². The molecule has 0 saturated heterocycles. The molecule has 0 N–H and O–H groups in total. The van der Waals surface area contributed by atoms with Crippen LogP contribution >= 0.6 is 11.6 Å². The molecule has 0 heterocycles. The Balaban J connectivity index is 3.59. The first kappa shape index (κ1) is 15.8. The van der Waals surface area contributed by atoms with Crippen molar-refractivity contribution in [3.63, 3.8) is 0 Å². The summed E-state index contributed by atoms with van der Waals surface area (Å²) in [4.78, 5) is 0. The van der Waals surface area contributed by atoms with Crippen LogP contribution in [0.15, 0.2) is 12.1 Å². The second-order valence-corrected chi connectivity index (χ2v) is 3.64. The fraction of sp³-hybridized carbons (Fsp3) is 0.333. The lowest BCUT2D eigenvalue weighted by atomic mass is 10.1. The molecule has 0 saturated carbocycles. The molecule has 10 heteroatoms. The minimum absolute atomic E-state index is 0.0112. The third kappa shape index (κ3) is 3.85. The Morgan fingerprint density at radius 2 is 1.47 bits per heavy atom. The fourth-order valence-corrected chi connectivity index (χ4v) is 1.49. The largest absolute Gasteiger partial charge is 0.434 e. The molecule has 0 fully saturated rings. The topological polar surface area (TPSA) is 9.23 Å². The van der Waals surface area contributed by atoms with Crippen molar-refractivity contribution in [2.75, 3.05) is 0 Å². The summed E-state index contributed by atoms with van der Waals surface area (Å²) in [6.45, 7) is -3.72. The average molecular weight is 315 g/mol. The van der Waals surface area contributed by atoms with Crippen LogP contribution in [0.5, 0.6) is 5.75 Å². The van der Waals surface area contributed by atoms with Crippen LogP contribution in [0.4, 0.5) is 35.1 Å². The standard InChI is InChI=1S/C9H3ClF8O/c10-3-1-4(8(13,14)15)6(9(16,17)18)5(2-3)19-7(11)12/h1-2,7H. The molecule has 0 bridgehead atoms. The summed E-state index contributed by atoms with van der Waals surface area (Å²) >= 11 is 5.17. The summed E-state index contributed by atoms with van der Waals surface area (Å²) in [7, 11) is 0. The molecule has 0 aliphatic carbocycles. The van der Waals surface area contributed by atoms with Crippen molar-refractivity contribution >= 4 is 11.6 Å². The summed E-state index contributed by atoms with van der Waals surface area (Å²) in [5.41, 5.74) is -4.53. The van der Waals surface area contributed by atoms with Crippen LogP contribution in [-0.4, -0.2) is 6.61 Å². The Bertz CT molecular complexity index is 465. The second kappa shape index (κ2) is 5.03. The van der Waals surface area contributed by atoms with E-state index >= 15 is 0 Å². The van der Waals surface area contributed by atoms with Gasteiger partial charge < -0.3 is 4.74 Å². The highest BCUT2D eigenvalue weighted by Crippen LogP contribution is 2.46. The molecule has 0 atom stereocenters. The zero-order valence-electron chi connectivity index (χ0n) is 8.54. The predicted octanol–water partition coefficient (Wildman–Crippen LogP) is 4.98. The second-order valence-electron chi connectivity index (χ2n) is 3.20. The van der Waals surface area contributed by atoms with E-state index in [-0.39, 0.29) is 12.1 Å². The molecule has 0 aliphatic rings. The van der Waals surface area contributed by atoms with Crippen LogP contribution in [0.3, 0.4) is 0 Å². The van der Waals surface area contributed by atoms with Gasteiger partial charge in [0.05, 0.1) is 5.56 Å². The first-order chi connectivity index (χ1) is 8.43. The Kier molecular flexibility index (Phi) is 4.18. The first-order valence-corrected chi connectivity index (χ1v) is 4.73.